The van der Waals surface area contributed by atoms with E-state index < -0.39 is 21.0 Å². The molecule has 1 heterocycles. The van der Waals surface area contributed by atoms with Gasteiger partial charge in [-0.15, -0.1) is 0 Å². The first-order valence-electron chi connectivity index (χ1n) is 7.11. The molecule has 2 aromatic rings. The summed E-state index contributed by atoms with van der Waals surface area (Å²) in [5.41, 5.74) is 2.18. The SMILES string of the molecule is Cc1ccccc1Oc1cc(CC2=INC(=O)C=C2)ccc1Cl. The Morgan fingerprint density at radius 3 is 2.70 bits per heavy atom. The van der Waals surface area contributed by atoms with E-state index in [4.69, 9.17) is 16.3 Å². The molecule has 0 unspecified atom stereocenters. The van der Waals surface area contributed by atoms with Gasteiger partial charge in [0.05, 0.1) is 5.02 Å². The van der Waals surface area contributed by atoms with E-state index in [0.717, 1.165) is 23.3 Å². The van der Waals surface area contributed by atoms with E-state index in [2.05, 4.69) is 3.53 Å². The van der Waals surface area contributed by atoms with Gasteiger partial charge >= 0.3 is 0 Å². The lowest BCUT2D eigenvalue weighted by Gasteiger charge is -2.12. The van der Waals surface area contributed by atoms with Gasteiger partial charge in [0.1, 0.15) is 11.5 Å². The van der Waals surface area contributed by atoms with E-state index >= 15 is 0 Å². The average Bonchev–Trinajstić information content (AvgIpc) is 2.55. The monoisotopic (exact) mass is 439 g/mol. The summed E-state index contributed by atoms with van der Waals surface area (Å²) in [5.74, 6) is 1.46. The molecule has 3 nitrogen and oxygen atoms in total. The second-order valence-electron chi connectivity index (χ2n) is 5.14. The number of allylic oxidation sites excluding steroid dienone is 1. The Hall–Kier alpha value is -1.66. The number of halogens is 2. The molecule has 0 saturated carbocycles. The number of rotatable bonds is 4. The number of carbonyl (C=O) groups excluding carboxylic acids is 1. The van der Waals surface area contributed by atoms with Crippen molar-refractivity contribution in [3.63, 3.8) is 0 Å². The molecule has 3 rings (SSSR count). The lowest BCUT2D eigenvalue weighted by molar-refractivity contribution is -0.114. The molecule has 0 aromatic heterocycles. The summed E-state index contributed by atoms with van der Waals surface area (Å²) in [5, 5.41) is 0.587. The van der Waals surface area contributed by atoms with Crippen LogP contribution in [0.15, 0.2) is 54.6 Å². The number of nitrogens with one attached hydrogen (secondary N) is 1. The number of hydrogen-bond acceptors (Lipinski definition) is 2. The van der Waals surface area contributed by atoms with Crippen LogP contribution in [0.25, 0.3) is 0 Å². The fourth-order valence-corrected chi connectivity index (χ4v) is 4.09. The molecule has 5 heteroatoms. The Bertz CT molecular complexity index is 814. The van der Waals surface area contributed by atoms with Crippen molar-refractivity contribution in [3.05, 3.63) is 70.8 Å². The summed E-state index contributed by atoms with van der Waals surface area (Å²) in [6.45, 7) is 2.00. The van der Waals surface area contributed by atoms with Gasteiger partial charge in [-0.05, 0) is 42.3 Å². The van der Waals surface area contributed by atoms with Crippen molar-refractivity contribution < 1.29 is 9.53 Å². The molecule has 0 fully saturated rings. The van der Waals surface area contributed by atoms with Crippen LogP contribution in [0.4, 0.5) is 0 Å². The molecule has 1 amide bonds. The second kappa shape index (κ2) is 7.27. The van der Waals surface area contributed by atoms with Crippen LogP contribution in [-0.2, 0) is 11.2 Å². The van der Waals surface area contributed by atoms with E-state index in [0.29, 0.717) is 10.8 Å². The number of hydrogen-bond donors (Lipinski definition) is 1. The van der Waals surface area contributed by atoms with Crippen LogP contribution in [0, 0.1) is 6.92 Å². The highest BCUT2D eigenvalue weighted by Crippen LogP contribution is 2.32. The fourth-order valence-electron chi connectivity index (χ4n) is 2.15. The maximum absolute atomic E-state index is 11.2. The van der Waals surface area contributed by atoms with Gasteiger partial charge in [-0.25, -0.2) is 0 Å². The van der Waals surface area contributed by atoms with Crippen molar-refractivity contribution in [2.24, 2.45) is 0 Å². The van der Waals surface area contributed by atoms with Crippen LogP contribution in [0.3, 0.4) is 0 Å². The lowest BCUT2D eigenvalue weighted by atomic mass is 10.1. The predicted molar refractivity (Wildman–Crippen MR) is 103 cm³/mol. The first-order chi connectivity index (χ1) is 11.1. The number of para-hydroxylation sites is 1. The molecule has 0 radical (unpaired) electrons. The maximum atomic E-state index is 11.2. The van der Waals surface area contributed by atoms with Crippen molar-refractivity contribution in [3.8, 4) is 11.5 Å². The molecule has 0 saturated heterocycles. The highest BCUT2D eigenvalue weighted by Gasteiger charge is 2.09. The number of amides is 1. The van der Waals surface area contributed by atoms with Gasteiger partial charge in [-0.3, -0.25) is 4.79 Å². The minimum Gasteiger partial charge on any atom is -0.456 e. The molecule has 0 spiro atoms. The zero-order chi connectivity index (χ0) is 16.2. The van der Waals surface area contributed by atoms with Crippen LogP contribution in [0.5, 0.6) is 11.5 Å². The average molecular weight is 440 g/mol. The van der Waals surface area contributed by atoms with Gasteiger partial charge < -0.3 is 8.27 Å². The third-order valence-electron chi connectivity index (χ3n) is 3.36. The highest BCUT2D eigenvalue weighted by molar-refractivity contribution is 14.2. The van der Waals surface area contributed by atoms with Gasteiger partial charge in [0.2, 0.25) is 0 Å². The molecule has 1 N–H and O–H groups in total. The molecular weight excluding hydrogens is 425 g/mol. The minimum atomic E-state index is -0.433. The third-order valence-corrected chi connectivity index (χ3v) is 5.91. The van der Waals surface area contributed by atoms with Crippen LogP contribution in [0.2, 0.25) is 5.02 Å². The van der Waals surface area contributed by atoms with E-state index in [-0.39, 0.29) is 5.91 Å². The summed E-state index contributed by atoms with van der Waals surface area (Å²) in [6.07, 6.45) is 4.30. The van der Waals surface area contributed by atoms with Crippen molar-refractivity contribution in [1.29, 1.82) is 0 Å². The molecule has 2 aromatic carbocycles. The summed E-state index contributed by atoms with van der Waals surface area (Å²) in [6, 6.07) is 13.7. The summed E-state index contributed by atoms with van der Waals surface area (Å²) in [7, 11) is 0. The molecule has 118 valence electrons. The van der Waals surface area contributed by atoms with Crippen LogP contribution in [-0.4, -0.2) is 9.42 Å². The molecule has 1 aliphatic heterocycles. The molecular formula is C18H15ClINO2. The molecule has 0 bridgehead atoms. The first kappa shape index (κ1) is 16.2. The Kier molecular flexibility index (Phi) is 5.13. The minimum absolute atomic E-state index is 0.00114. The molecule has 23 heavy (non-hydrogen) atoms. The molecule has 0 aliphatic carbocycles. The maximum Gasteiger partial charge on any atom is 0.252 e. The van der Waals surface area contributed by atoms with Gasteiger partial charge in [0.15, 0.2) is 0 Å². The zero-order valence-electron chi connectivity index (χ0n) is 12.5. The fraction of sp³-hybridized carbons (Fsp3) is 0.111. The second-order valence-corrected chi connectivity index (χ2v) is 8.01. The normalized spacial score (nSPS) is 13.8. The summed E-state index contributed by atoms with van der Waals surface area (Å²) in [4.78, 5) is 11.2. The van der Waals surface area contributed by atoms with Crippen molar-refractivity contribution in [2.75, 3.05) is 0 Å². The van der Waals surface area contributed by atoms with Gasteiger partial charge in [0, 0.05) is 37.0 Å². The zero-order valence-corrected chi connectivity index (χ0v) is 15.4. The molecule has 1 aliphatic rings. The number of ether oxygens (including phenoxy) is 1. The largest absolute Gasteiger partial charge is 0.456 e. The molecule has 0 atom stereocenters. The van der Waals surface area contributed by atoms with Crippen molar-refractivity contribution in [1.82, 2.24) is 3.53 Å². The van der Waals surface area contributed by atoms with E-state index in [1.807, 2.05) is 55.5 Å². The lowest BCUT2D eigenvalue weighted by Crippen LogP contribution is -2.15. The van der Waals surface area contributed by atoms with E-state index in [9.17, 15) is 4.79 Å². The number of aryl methyl sites for hydroxylation is 1. The Morgan fingerprint density at radius 1 is 1.13 bits per heavy atom. The highest BCUT2D eigenvalue weighted by atomic mass is 127. The van der Waals surface area contributed by atoms with Gasteiger partial charge in [0.25, 0.3) is 5.91 Å². The van der Waals surface area contributed by atoms with Gasteiger partial charge in [-0.1, -0.05) is 35.9 Å². The topological polar surface area (TPSA) is 38.3 Å². The van der Waals surface area contributed by atoms with E-state index in [1.54, 1.807) is 6.08 Å². The number of benzene rings is 2. The summed E-state index contributed by atoms with van der Waals surface area (Å²) < 4.78 is 10.1. The third kappa shape index (κ3) is 4.20. The van der Waals surface area contributed by atoms with Crippen LogP contribution >= 0.6 is 32.6 Å². The quantitative estimate of drug-likeness (QED) is 0.553. The Morgan fingerprint density at radius 2 is 1.96 bits per heavy atom. The smallest absolute Gasteiger partial charge is 0.252 e. The summed E-state index contributed by atoms with van der Waals surface area (Å²) >= 11 is 5.83. The Labute approximate surface area is 150 Å². The number of carbonyl (C=O) groups is 1. The van der Waals surface area contributed by atoms with Crippen molar-refractivity contribution in [2.45, 2.75) is 13.3 Å². The van der Waals surface area contributed by atoms with Crippen molar-refractivity contribution >= 4 is 42.0 Å². The van der Waals surface area contributed by atoms with Crippen LogP contribution < -0.4 is 8.27 Å². The Balaban J connectivity index is 1.81. The van der Waals surface area contributed by atoms with Crippen LogP contribution in [0.1, 0.15) is 11.1 Å². The van der Waals surface area contributed by atoms with Gasteiger partial charge in [-0.2, -0.15) is 0 Å². The standard InChI is InChI=1S/C18H15ClINO2/c1-12-4-2-3-5-16(12)23-17-11-13(6-8-15(17)19)10-14-7-9-18(22)21-20-14/h2-9,11H,10H2,1H3,(H,21,22). The first-order valence-corrected chi connectivity index (χ1v) is 9.65. The predicted octanol–water partition coefficient (Wildman–Crippen LogP) is 4.73. The van der Waals surface area contributed by atoms with E-state index in [1.165, 1.54) is 3.51 Å².